The number of nitrogens with zero attached hydrogens (tertiary/aromatic N) is 3. The Morgan fingerprint density at radius 3 is 2.53 bits per heavy atom. The fourth-order valence-electron chi connectivity index (χ4n) is 4.10. The van der Waals surface area contributed by atoms with E-state index in [1.165, 1.54) is 6.07 Å². The molecular weight excluding hydrogens is 379 g/mol. The summed E-state index contributed by atoms with van der Waals surface area (Å²) in [6.07, 6.45) is 3.85. The first-order valence-corrected chi connectivity index (χ1v) is 10.6. The average molecular weight is 409 g/mol. The summed E-state index contributed by atoms with van der Waals surface area (Å²) in [4.78, 5) is 19.5. The molecule has 2 aromatic heterocycles. The monoisotopic (exact) mass is 408 g/mol. The zero-order valence-electron chi connectivity index (χ0n) is 17.9. The number of hydrogen-bond donors (Lipinski definition) is 1. The minimum atomic E-state index is -0.316. The lowest BCUT2D eigenvalue weighted by Crippen LogP contribution is -2.39. The second-order valence-corrected chi connectivity index (χ2v) is 9.07. The highest BCUT2D eigenvalue weighted by molar-refractivity contribution is 5.79. The summed E-state index contributed by atoms with van der Waals surface area (Å²) >= 11 is 0. The fraction of sp³-hybridized carbons (Fsp3) is 0.417. The summed E-state index contributed by atoms with van der Waals surface area (Å²) < 4.78 is 16.0. The molecule has 0 atom stereocenters. The molecule has 158 valence electrons. The minimum Gasteiger partial charge on any atom is -0.365 e. The van der Waals surface area contributed by atoms with Crippen LogP contribution in [0.5, 0.6) is 0 Å². The van der Waals surface area contributed by atoms with Gasteiger partial charge in [0, 0.05) is 30.7 Å². The molecule has 6 heteroatoms. The number of pyridine rings is 1. The third-order valence-electron chi connectivity index (χ3n) is 5.58. The molecular formula is C24H29FN4O. The maximum atomic E-state index is 13.9. The predicted molar refractivity (Wildman–Crippen MR) is 117 cm³/mol. The van der Waals surface area contributed by atoms with Crippen LogP contribution in [0.2, 0.25) is 0 Å². The van der Waals surface area contributed by atoms with Gasteiger partial charge in [0.15, 0.2) is 0 Å². The van der Waals surface area contributed by atoms with Crippen molar-refractivity contribution in [3.8, 4) is 0 Å². The Kier molecular flexibility index (Phi) is 5.50. The van der Waals surface area contributed by atoms with Crippen LogP contribution in [0.15, 0.2) is 48.7 Å². The van der Waals surface area contributed by atoms with Crippen molar-refractivity contribution in [3.05, 3.63) is 65.7 Å². The largest absolute Gasteiger partial charge is 0.365 e. The molecule has 5 nitrogen and oxygen atoms in total. The third-order valence-corrected chi connectivity index (χ3v) is 5.58. The number of piperidine rings is 1. The number of anilines is 1. The van der Waals surface area contributed by atoms with E-state index >= 15 is 0 Å². The van der Waals surface area contributed by atoms with Crippen molar-refractivity contribution < 1.29 is 9.18 Å². The van der Waals surface area contributed by atoms with Gasteiger partial charge >= 0.3 is 0 Å². The lowest BCUT2D eigenvalue weighted by atomic mass is 9.92. The Balaban J connectivity index is 1.49. The van der Waals surface area contributed by atoms with Crippen LogP contribution in [0.1, 0.15) is 50.8 Å². The van der Waals surface area contributed by atoms with Gasteiger partial charge in [-0.3, -0.25) is 9.20 Å². The fourth-order valence-corrected chi connectivity index (χ4v) is 4.10. The van der Waals surface area contributed by atoms with Crippen molar-refractivity contribution in [2.24, 2.45) is 0 Å². The maximum absolute atomic E-state index is 13.9. The average Bonchev–Trinajstić information content (AvgIpc) is 3.07. The van der Waals surface area contributed by atoms with E-state index in [9.17, 15) is 9.18 Å². The number of carbonyl (C=O) groups is 1. The highest BCUT2D eigenvalue weighted by atomic mass is 19.1. The zero-order chi connectivity index (χ0) is 21.3. The number of imidazole rings is 1. The number of amides is 1. The van der Waals surface area contributed by atoms with Crippen molar-refractivity contribution in [2.75, 3.05) is 18.4 Å². The van der Waals surface area contributed by atoms with Gasteiger partial charge < -0.3 is 10.2 Å². The van der Waals surface area contributed by atoms with E-state index in [-0.39, 0.29) is 29.6 Å². The van der Waals surface area contributed by atoms with Crippen LogP contribution < -0.4 is 5.32 Å². The number of rotatable bonds is 4. The van der Waals surface area contributed by atoms with Crippen molar-refractivity contribution in [1.29, 1.82) is 0 Å². The molecule has 3 heterocycles. The smallest absolute Gasteiger partial charge is 0.227 e. The second-order valence-electron chi connectivity index (χ2n) is 9.07. The van der Waals surface area contributed by atoms with E-state index in [2.05, 4.69) is 30.5 Å². The Morgan fingerprint density at radius 2 is 1.83 bits per heavy atom. The van der Waals surface area contributed by atoms with Crippen molar-refractivity contribution in [3.63, 3.8) is 0 Å². The van der Waals surface area contributed by atoms with Gasteiger partial charge in [0.1, 0.15) is 17.3 Å². The molecule has 0 radical (unpaired) electrons. The molecule has 0 bridgehead atoms. The first-order chi connectivity index (χ1) is 14.3. The second kappa shape index (κ2) is 8.09. The van der Waals surface area contributed by atoms with Gasteiger partial charge in [-0.1, -0.05) is 24.3 Å². The normalized spacial score (nSPS) is 15.5. The van der Waals surface area contributed by atoms with Crippen LogP contribution in [0, 0.1) is 5.82 Å². The molecule has 1 saturated heterocycles. The summed E-state index contributed by atoms with van der Waals surface area (Å²) in [5.41, 5.74) is 2.37. The highest BCUT2D eigenvalue weighted by Crippen LogP contribution is 2.34. The number of aromatic nitrogens is 2. The molecule has 0 saturated carbocycles. The predicted octanol–water partition coefficient (Wildman–Crippen LogP) is 4.63. The molecule has 1 N–H and O–H groups in total. The summed E-state index contributed by atoms with van der Waals surface area (Å²) in [6, 6.07) is 12.5. The number of benzene rings is 1. The van der Waals surface area contributed by atoms with Gasteiger partial charge in [-0.05, 0) is 57.4 Å². The standard InChI is InChI=1S/C24H29FN4O/c1-24(2,3)27-23-22(26-20-10-6-7-13-29(20)23)17-11-14-28(15-12-17)21(30)16-18-8-4-5-9-19(18)25/h4-10,13,17,27H,11-12,14-16H2,1-3H3. The number of fused-ring (bicyclic) bond motifs is 1. The SMILES string of the molecule is CC(C)(C)Nc1c(C2CCN(C(=O)Cc3ccccc3F)CC2)nc2ccccn12. The zero-order valence-corrected chi connectivity index (χ0v) is 17.9. The van der Waals surface area contributed by atoms with Crippen LogP contribution in [0.25, 0.3) is 5.65 Å². The number of halogens is 1. The van der Waals surface area contributed by atoms with Gasteiger partial charge in [0.25, 0.3) is 0 Å². The Morgan fingerprint density at radius 1 is 1.13 bits per heavy atom. The summed E-state index contributed by atoms with van der Waals surface area (Å²) in [5, 5.41) is 3.62. The van der Waals surface area contributed by atoms with Crippen LogP contribution >= 0.6 is 0 Å². The first kappa shape index (κ1) is 20.4. The van der Waals surface area contributed by atoms with E-state index in [4.69, 9.17) is 4.98 Å². The Labute approximate surface area is 176 Å². The van der Waals surface area contributed by atoms with Crippen molar-refractivity contribution in [2.45, 2.75) is 51.5 Å². The Hall–Kier alpha value is -2.89. The summed E-state index contributed by atoms with van der Waals surface area (Å²) in [6.45, 7) is 7.76. The molecule has 1 fully saturated rings. The lowest BCUT2D eigenvalue weighted by Gasteiger charge is -2.32. The van der Waals surface area contributed by atoms with E-state index in [1.807, 2.05) is 29.3 Å². The van der Waals surface area contributed by atoms with E-state index < -0.39 is 0 Å². The quantitative estimate of drug-likeness (QED) is 0.685. The van der Waals surface area contributed by atoms with Crippen LogP contribution in [0.4, 0.5) is 10.2 Å². The molecule has 0 aliphatic carbocycles. The number of carbonyl (C=O) groups excluding carboxylic acids is 1. The molecule has 1 amide bonds. The Bertz CT molecular complexity index is 1040. The van der Waals surface area contributed by atoms with Crippen LogP contribution in [0.3, 0.4) is 0 Å². The van der Waals surface area contributed by atoms with E-state index in [0.717, 1.165) is 30.0 Å². The highest BCUT2D eigenvalue weighted by Gasteiger charge is 2.29. The molecule has 1 aliphatic rings. The molecule has 1 aromatic carbocycles. The van der Waals surface area contributed by atoms with Gasteiger partial charge in [-0.2, -0.15) is 0 Å². The van der Waals surface area contributed by atoms with E-state index in [1.54, 1.807) is 18.2 Å². The molecule has 3 aromatic rings. The summed E-state index contributed by atoms with van der Waals surface area (Å²) in [7, 11) is 0. The number of nitrogens with one attached hydrogen (secondary N) is 1. The van der Waals surface area contributed by atoms with Crippen LogP contribution in [-0.2, 0) is 11.2 Å². The topological polar surface area (TPSA) is 49.6 Å². The van der Waals surface area contributed by atoms with Crippen molar-refractivity contribution >= 4 is 17.4 Å². The molecule has 4 rings (SSSR count). The van der Waals surface area contributed by atoms with Gasteiger partial charge in [0.05, 0.1) is 12.1 Å². The van der Waals surface area contributed by atoms with Crippen LogP contribution in [-0.4, -0.2) is 38.8 Å². The van der Waals surface area contributed by atoms with Crippen molar-refractivity contribution in [1.82, 2.24) is 14.3 Å². The molecule has 0 spiro atoms. The number of likely N-dealkylation sites (tertiary alicyclic amines) is 1. The minimum absolute atomic E-state index is 0.0124. The molecule has 1 aliphatic heterocycles. The van der Waals surface area contributed by atoms with Gasteiger partial charge in [0.2, 0.25) is 5.91 Å². The molecule has 0 unspecified atom stereocenters. The summed E-state index contributed by atoms with van der Waals surface area (Å²) in [5.74, 6) is 0.992. The van der Waals surface area contributed by atoms with Gasteiger partial charge in [-0.25, -0.2) is 9.37 Å². The number of hydrogen-bond acceptors (Lipinski definition) is 3. The molecule has 30 heavy (non-hydrogen) atoms. The lowest BCUT2D eigenvalue weighted by molar-refractivity contribution is -0.131. The van der Waals surface area contributed by atoms with Gasteiger partial charge in [-0.15, -0.1) is 0 Å². The third kappa shape index (κ3) is 4.32. The first-order valence-electron chi connectivity index (χ1n) is 10.6. The van der Waals surface area contributed by atoms with E-state index in [0.29, 0.717) is 18.7 Å². The maximum Gasteiger partial charge on any atom is 0.227 e.